The van der Waals surface area contributed by atoms with Gasteiger partial charge in [0, 0.05) is 6.20 Å². The summed E-state index contributed by atoms with van der Waals surface area (Å²) in [6.45, 7) is 4.47. The van der Waals surface area contributed by atoms with Crippen LogP contribution in [0.25, 0.3) is 0 Å². The first-order valence-corrected chi connectivity index (χ1v) is 5.13. The maximum Gasteiger partial charge on any atom is 0.119 e. The molecule has 0 N–H and O–H groups in total. The van der Waals surface area contributed by atoms with Gasteiger partial charge >= 0.3 is 0 Å². The van der Waals surface area contributed by atoms with Crippen LogP contribution in [0.2, 0.25) is 0 Å². The Labute approximate surface area is 94.9 Å². The van der Waals surface area contributed by atoms with Crippen LogP contribution in [0.3, 0.4) is 0 Å². The molecule has 1 aromatic heterocycles. The van der Waals surface area contributed by atoms with E-state index in [9.17, 15) is 0 Å². The molecule has 0 fully saturated rings. The van der Waals surface area contributed by atoms with E-state index in [0.29, 0.717) is 13.0 Å². The second kappa shape index (κ2) is 4.79. The highest BCUT2D eigenvalue weighted by Gasteiger charge is 2.00. The Morgan fingerprint density at radius 1 is 1.44 bits per heavy atom. The fraction of sp³-hybridized carbons (Fsp3) is 0.250. The van der Waals surface area contributed by atoms with E-state index < -0.39 is 0 Å². The lowest BCUT2D eigenvalue weighted by Crippen LogP contribution is -2.00. The molecule has 0 saturated heterocycles. The van der Waals surface area contributed by atoms with Crippen molar-refractivity contribution in [3.05, 3.63) is 48.6 Å². The summed E-state index contributed by atoms with van der Waals surface area (Å²) in [7, 11) is 1.66. The van der Waals surface area contributed by atoms with E-state index in [1.807, 2.05) is 30.5 Å². The molecule has 0 spiro atoms. The van der Waals surface area contributed by atoms with Gasteiger partial charge in [-0.15, -0.1) is 5.10 Å². The van der Waals surface area contributed by atoms with Crippen molar-refractivity contribution in [2.24, 2.45) is 0 Å². The summed E-state index contributed by atoms with van der Waals surface area (Å²) >= 11 is 0. The van der Waals surface area contributed by atoms with Gasteiger partial charge in [-0.1, -0.05) is 17.3 Å². The first-order valence-electron chi connectivity index (χ1n) is 5.13. The molecule has 0 aliphatic rings. The highest BCUT2D eigenvalue weighted by atomic mass is 16.5. The Kier molecular flexibility index (Phi) is 3.19. The van der Waals surface area contributed by atoms with Crippen molar-refractivity contribution in [3.63, 3.8) is 0 Å². The SMILES string of the molecule is [CH2]Cc1cn(Cc2cccc(OC)c2)nn1. The maximum atomic E-state index is 5.16. The molecule has 4 nitrogen and oxygen atoms in total. The van der Waals surface area contributed by atoms with Crippen molar-refractivity contribution in [3.8, 4) is 5.75 Å². The van der Waals surface area contributed by atoms with E-state index in [4.69, 9.17) is 4.74 Å². The maximum absolute atomic E-state index is 5.16. The zero-order chi connectivity index (χ0) is 11.4. The van der Waals surface area contributed by atoms with Crippen LogP contribution in [-0.2, 0) is 13.0 Å². The van der Waals surface area contributed by atoms with Gasteiger partial charge in [0.2, 0.25) is 0 Å². The van der Waals surface area contributed by atoms with Crippen LogP contribution in [-0.4, -0.2) is 22.1 Å². The smallest absolute Gasteiger partial charge is 0.119 e. The molecule has 1 heterocycles. The molecule has 1 aromatic carbocycles. The molecule has 0 aliphatic heterocycles. The monoisotopic (exact) mass is 216 g/mol. The Hall–Kier alpha value is -1.84. The summed E-state index contributed by atoms with van der Waals surface area (Å²) in [4.78, 5) is 0. The minimum absolute atomic E-state index is 0.665. The largest absolute Gasteiger partial charge is 0.497 e. The quantitative estimate of drug-likeness (QED) is 0.781. The van der Waals surface area contributed by atoms with Gasteiger partial charge < -0.3 is 4.74 Å². The second-order valence-electron chi connectivity index (χ2n) is 3.51. The summed E-state index contributed by atoms with van der Waals surface area (Å²) in [5.74, 6) is 0.856. The number of hydrogen-bond acceptors (Lipinski definition) is 3. The van der Waals surface area contributed by atoms with Gasteiger partial charge in [0.1, 0.15) is 5.75 Å². The molecule has 0 bridgehead atoms. The first-order chi connectivity index (χ1) is 7.81. The third-order valence-corrected chi connectivity index (χ3v) is 2.32. The van der Waals surface area contributed by atoms with Crippen molar-refractivity contribution in [2.45, 2.75) is 13.0 Å². The highest BCUT2D eigenvalue weighted by Crippen LogP contribution is 2.13. The summed E-state index contributed by atoms with van der Waals surface area (Å²) in [5.41, 5.74) is 2.04. The van der Waals surface area contributed by atoms with E-state index in [2.05, 4.69) is 17.2 Å². The number of hydrogen-bond donors (Lipinski definition) is 0. The van der Waals surface area contributed by atoms with Crippen molar-refractivity contribution in [2.75, 3.05) is 7.11 Å². The van der Waals surface area contributed by atoms with Crippen molar-refractivity contribution in [1.29, 1.82) is 0 Å². The molecule has 0 saturated carbocycles. The third-order valence-electron chi connectivity index (χ3n) is 2.32. The number of aromatic nitrogens is 3. The van der Waals surface area contributed by atoms with E-state index in [1.165, 1.54) is 0 Å². The lowest BCUT2D eigenvalue weighted by molar-refractivity contribution is 0.414. The number of nitrogens with zero attached hydrogens (tertiary/aromatic N) is 3. The molecule has 2 rings (SSSR count). The number of rotatable bonds is 4. The number of methoxy groups -OCH3 is 1. The zero-order valence-electron chi connectivity index (χ0n) is 9.26. The van der Waals surface area contributed by atoms with E-state index in [-0.39, 0.29) is 0 Å². The number of benzene rings is 1. The predicted octanol–water partition coefficient (Wildman–Crippen LogP) is 1.71. The van der Waals surface area contributed by atoms with E-state index in [1.54, 1.807) is 11.8 Å². The van der Waals surface area contributed by atoms with Crippen molar-refractivity contribution < 1.29 is 4.74 Å². The average molecular weight is 216 g/mol. The Balaban J connectivity index is 2.13. The molecular weight excluding hydrogens is 202 g/mol. The molecular formula is C12H14N3O. The fourth-order valence-corrected chi connectivity index (χ4v) is 1.49. The van der Waals surface area contributed by atoms with Gasteiger partial charge in [-0.2, -0.15) is 0 Å². The molecule has 0 atom stereocenters. The summed E-state index contributed by atoms with van der Waals surface area (Å²) in [6.07, 6.45) is 2.57. The van der Waals surface area contributed by atoms with Gasteiger partial charge in [0.15, 0.2) is 0 Å². The summed E-state index contributed by atoms with van der Waals surface area (Å²) in [6, 6.07) is 7.92. The van der Waals surface area contributed by atoms with E-state index >= 15 is 0 Å². The molecule has 0 amide bonds. The summed E-state index contributed by atoms with van der Waals surface area (Å²) in [5, 5.41) is 8.02. The zero-order valence-corrected chi connectivity index (χ0v) is 9.26. The standard InChI is InChI=1S/C12H14N3O/c1-3-11-9-15(14-13-11)8-10-5-4-6-12(7-10)16-2/h4-7,9H,1,3,8H2,2H3. The van der Waals surface area contributed by atoms with Gasteiger partial charge in [-0.25, -0.2) is 4.68 Å². The lowest BCUT2D eigenvalue weighted by atomic mass is 10.2. The first kappa shape index (κ1) is 10.7. The average Bonchev–Trinajstić information content (AvgIpc) is 2.77. The van der Waals surface area contributed by atoms with Gasteiger partial charge in [0.05, 0.1) is 19.3 Å². The van der Waals surface area contributed by atoms with Crippen molar-refractivity contribution in [1.82, 2.24) is 15.0 Å². The molecule has 4 heteroatoms. The molecule has 0 unspecified atom stereocenters. The lowest BCUT2D eigenvalue weighted by Gasteiger charge is -2.03. The predicted molar refractivity (Wildman–Crippen MR) is 61.2 cm³/mol. The molecule has 2 aromatic rings. The third kappa shape index (κ3) is 2.39. The summed E-state index contributed by atoms with van der Waals surface area (Å²) < 4.78 is 6.96. The van der Waals surface area contributed by atoms with Crippen LogP contribution in [0.15, 0.2) is 30.5 Å². The van der Waals surface area contributed by atoms with Crippen LogP contribution in [0.4, 0.5) is 0 Å². The minimum atomic E-state index is 0.665. The minimum Gasteiger partial charge on any atom is -0.497 e. The van der Waals surface area contributed by atoms with Crippen LogP contribution in [0, 0.1) is 6.92 Å². The molecule has 0 aliphatic carbocycles. The van der Waals surface area contributed by atoms with E-state index in [0.717, 1.165) is 17.0 Å². The van der Waals surface area contributed by atoms with Crippen LogP contribution in [0.5, 0.6) is 5.75 Å². The van der Waals surface area contributed by atoms with Gasteiger partial charge in [0.25, 0.3) is 0 Å². The second-order valence-corrected chi connectivity index (χ2v) is 3.51. The van der Waals surface area contributed by atoms with Crippen LogP contribution < -0.4 is 4.74 Å². The molecule has 83 valence electrons. The van der Waals surface area contributed by atoms with Gasteiger partial charge in [-0.3, -0.25) is 0 Å². The topological polar surface area (TPSA) is 39.9 Å². The Morgan fingerprint density at radius 2 is 2.31 bits per heavy atom. The fourth-order valence-electron chi connectivity index (χ4n) is 1.49. The normalized spacial score (nSPS) is 10.4. The molecule has 16 heavy (non-hydrogen) atoms. The van der Waals surface area contributed by atoms with Gasteiger partial charge in [-0.05, 0) is 31.0 Å². The Bertz CT molecular complexity index is 465. The number of ether oxygens (including phenoxy) is 1. The van der Waals surface area contributed by atoms with Crippen LogP contribution in [0.1, 0.15) is 11.3 Å². The van der Waals surface area contributed by atoms with Crippen LogP contribution >= 0.6 is 0 Å². The molecule has 1 radical (unpaired) electrons. The Morgan fingerprint density at radius 3 is 3.00 bits per heavy atom. The van der Waals surface area contributed by atoms with Crippen molar-refractivity contribution >= 4 is 0 Å². The highest BCUT2D eigenvalue weighted by molar-refractivity contribution is 5.28.